The third kappa shape index (κ3) is 6.19. The summed E-state index contributed by atoms with van der Waals surface area (Å²) in [5, 5.41) is 12.7. The molecule has 1 aromatic heterocycles. The molecule has 1 heterocycles. The van der Waals surface area contributed by atoms with Crippen LogP contribution in [0.1, 0.15) is 44.0 Å². The monoisotopic (exact) mass is 341 g/mol. The van der Waals surface area contributed by atoms with Crippen molar-refractivity contribution >= 4 is 11.9 Å². The number of benzene rings is 1. The lowest BCUT2D eigenvalue weighted by Crippen LogP contribution is -2.22. The molecular formula is C20H27N3O2. The molecule has 2 N–H and O–H groups in total. The van der Waals surface area contributed by atoms with Crippen LogP contribution in [0.4, 0.5) is 5.82 Å². The Labute approximate surface area is 149 Å². The van der Waals surface area contributed by atoms with Crippen LogP contribution in [0, 0.1) is 0 Å². The number of hydrogen-bond donors (Lipinski definition) is 2. The highest BCUT2D eigenvalue weighted by molar-refractivity contribution is 5.52. The summed E-state index contributed by atoms with van der Waals surface area (Å²) in [6.45, 7) is 6.47. The predicted octanol–water partition coefficient (Wildman–Crippen LogP) is 4.05. The maximum absolute atomic E-state index is 9.32. The van der Waals surface area contributed by atoms with Crippen molar-refractivity contribution in [3.63, 3.8) is 0 Å². The molecule has 0 fully saturated rings. The minimum Gasteiger partial charge on any atom is -0.483 e. The maximum atomic E-state index is 9.32. The van der Waals surface area contributed by atoms with Gasteiger partial charge in [0.05, 0.1) is 6.20 Å². The van der Waals surface area contributed by atoms with Crippen LogP contribution in [0.2, 0.25) is 0 Å². The Balaban J connectivity index is 2.13. The second kappa shape index (κ2) is 10.5. The SMILES string of the molecule is C=Cc1ncc(OCc2ccccc2)c(N[C@@H](CCO)CCCC)n1. The second-order valence-electron chi connectivity index (χ2n) is 5.92. The summed E-state index contributed by atoms with van der Waals surface area (Å²) in [4.78, 5) is 8.73. The van der Waals surface area contributed by atoms with E-state index < -0.39 is 0 Å². The van der Waals surface area contributed by atoms with Crippen LogP contribution in [0.3, 0.4) is 0 Å². The van der Waals surface area contributed by atoms with E-state index in [0.29, 0.717) is 30.4 Å². The van der Waals surface area contributed by atoms with Crippen LogP contribution in [-0.2, 0) is 6.61 Å². The molecule has 134 valence electrons. The third-order valence-corrected chi connectivity index (χ3v) is 3.92. The molecule has 0 saturated carbocycles. The molecular weight excluding hydrogens is 314 g/mol. The van der Waals surface area contributed by atoms with Crippen molar-refractivity contribution in [2.24, 2.45) is 0 Å². The standard InChI is InChI=1S/C20H27N3O2/c1-3-5-11-17(12-13-24)22-20-18(14-21-19(4-2)23-20)25-15-16-9-7-6-8-10-16/h4,6-10,14,17,24H,2-3,5,11-13,15H2,1H3,(H,21,22,23)/t17-/m1/s1. The van der Waals surface area contributed by atoms with Crippen LogP contribution in [0.5, 0.6) is 5.75 Å². The zero-order valence-electron chi connectivity index (χ0n) is 14.8. The van der Waals surface area contributed by atoms with Gasteiger partial charge in [0.2, 0.25) is 0 Å². The number of anilines is 1. The van der Waals surface area contributed by atoms with E-state index in [9.17, 15) is 5.11 Å². The average Bonchev–Trinajstić information content (AvgIpc) is 2.66. The number of ether oxygens (including phenoxy) is 1. The van der Waals surface area contributed by atoms with Gasteiger partial charge in [-0.05, 0) is 24.5 Å². The van der Waals surface area contributed by atoms with Crippen LogP contribution in [0.25, 0.3) is 6.08 Å². The Kier molecular flexibility index (Phi) is 7.92. The zero-order valence-corrected chi connectivity index (χ0v) is 14.8. The molecule has 5 nitrogen and oxygen atoms in total. The lowest BCUT2D eigenvalue weighted by molar-refractivity contribution is 0.275. The molecule has 2 aromatic rings. The maximum Gasteiger partial charge on any atom is 0.180 e. The average molecular weight is 341 g/mol. The Hall–Kier alpha value is -2.40. The number of nitrogens with one attached hydrogen (secondary N) is 1. The molecule has 0 spiro atoms. The molecule has 0 amide bonds. The molecule has 1 aromatic carbocycles. The number of aliphatic hydroxyl groups excluding tert-OH is 1. The van der Waals surface area contributed by atoms with Gasteiger partial charge in [0, 0.05) is 12.6 Å². The number of aromatic nitrogens is 2. The minimum atomic E-state index is 0.140. The van der Waals surface area contributed by atoms with E-state index in [2.05, 4.69) is 28.8 Å². The minimum absolute atomic E-state index is 0.140. The first-order valence-corrected chi connectivity index (χ1v) is 8.80. The second-order valence-corrected chi connectivity index (χ2v) is 5.92. The quantitative estimate of drug-likeness (QED) is 0.645. The van der Waals surface area contributed by atoms with Crippen molar-refractivity contribution in [2.45, 2.75) is 45.3 Å². The molecule has 0 saturated heterocycles. The third-order valence-electron chi connectivity index (χ3n) is 3.92. The largest absolute Gasteiger partial charge is 0.483 e. The number of nitrogens with zero attached hydrogens (tertiary/aromatic N) is 2. The first kappa shape index (κ1) is 18.9. The van der Waals surface area contributed by atoms with Crippen LogP contribution in [-0.4, -0.2) is 27.7 Å². The Morgan fingerprint density at radius 3 is 2.76 bits per heavy atom. The van der Waals surface area contributed by atoms with Gasteiger partial charge in [0.15, 0.2) is 17.4 Å². The normalized spacial score (nSPS) is 11.8. The molecule has 2 rings (SSSR count). The van der Waals surface area contributed by atoms with Gasteiger partial charge < -0.3 is 15.2 Å². The Morgan fingerprint density at radius 2 is 2.08 bits per heavy atom. The van der Waals surface area contributed by atoms with E-state index >= 15 is 0 Å². The lowest BCUT2D eigenvalue weighted by atomic mass is 10.1. The van der Waals surface area contributed by atoms with Crippen molar-refractivity contribution in [1.29, 1.82) is 0 Å². The summed E-state index contributed by atoms with van der Waals surface area (Å²) in [7, 11) is 0. The van der Waals surface area contributed by atoms with Crippen molar-refractivity contribution in [2.75, 3.05) is 11.9 Å². The Morgan fingerprint density at radius 1 is 1.28 bits per heavy atom. The van der Waals surface area contributed by atoms with Gasteiger partial charge in [-0.15, -0.1) is 0 Å². The fourth-order valence-corrected chi connectivity index (χ4v) is 2.52. The molecule has 0 aliphatic carbocycles. The van der Waals surface area contributed by atoms with Gasteiger partial charge in [0.1, 0.15) is 6.61 Å². The van der Waals surface area contributed by atoms with Crippen LogP contribution in [0.15, 0.2) is 43.1 Å². The smallest absolute Gasteiger partial charge is 0.180 e. The summed E-state index contributed by atoms with van der Waals surface area (Å²) in [6.07, 6.45) is 7.14. The van der Waals surface area contributed by atoms with Gasteiger partial charge in [-0.2, -0.15) is 0 Å². The van der Waals surface area contributed by atoms with Crippen LogP contribution < -0.4 is 10.1 Å². The van der Waals surface area contributed by atoms with E-state index in [1.165, 1.54) is 0 Å². The van der Waals surface area contributed by atoms with E-state index in [4.69, 9.17) is 4.74 Å². The van der Waals surface area contributed by atoms with Gasteiger partial charge in [-0.3, -0.25) is 0 Å². The number of aliphatic hydroxyl groups is 1. The fraction of sp³-hybridized carbons (Fsp3) is 0.400. The first-order valence-electron chi connectivity index (χ1n) is 8.80. The van der Waals surface area contributed by atoms with Gasteiger partial charge >= 0.3 is 0 Å². The van der Waals surface area contributed by atoms with E-state index in [1.54, 1.807) is 12.3 Å². The van der Waals surface area contributed by atoms with Crippen molar-refractivity contribution in [1.82, 2.24) is 9.97 Å². The summed E-state index contributed by atoms with van der Waals surface area (Å²) in [5.74, 6) is 1.80. The Bertz CT molecular complexity index is 647. The topological polar surface area (TPSA) is 67.3 Å². The van der Waals surface area contributed by atoms with Gasteiger partial charge in [-0.25, -0.2) is 9.97 Å². The zero-order chi connectivity index (χ0) is 17.9. The molecule has 0 bridgehead atoms. The summed E-state index contributed by atoms with van der Waals surface area (Å²) in [6, 6.07) is 10.1. The highest BCUT2D eigenvalue weighted by Crippen LogP contribution is 2.24. The first-order chi connectivity index (χ1) is 12.3. The van der Waals surface area contributed by atoms with Crippen LogP contribution >= 0.6 is 0 Å². The molecule has 0 unspecified atom stereocenters. The molecule has 0 radical (unpaired) electrons. The van der Waals surface area contributed by atoms with E-state index in [-0.39, 0.29) is 12.6 Å². The lowest BCUT2D eigenvalue weighted by Gasteiger charge is -2.20. The molecule has 25 heavy (non-hydrogen) atoms. The van der Waals surface area contributed by atoms with Crippen molar-refractivity contribution in [3.05, 3.63) is 54.5 Å². The number of hydrogen-bond acceptors (Lipinski definition) is 5. The highest BCUT2D eigenvalue weighted by atomic mass is 16.5. The summed E-state index contributed by atoms with van der Waals surface area (Å²) < 4.78 is 5.92. The summed E-state index contributed by atoms with van der Waals surface area (Å²) in [5.41, 5.74) is 1.08. The number of unbranched alkanes of at least 4 members (excludes halogenated alkanes) is 1. The molecule has 0 aliphatic heterocycles. The highest BCUT2D eigenvalue weighted by Gasteiger charge is 2.14. The van der Waals surface area contributed by atoms with Crippen molar-refractivity contribution < 1.29 is 9.84 Å². The van der Waals surface area contributed by atoms with Crippen molar-refractivity contribution in [3.8, 4) is 5.75 Å². The fourth-order valence-electron chi connectivity index (χ4n) is 2.52. The van der Waals surface area contributed by atoms with E-state index in [0.717, 1.165) is 24.8 Å². The number of rotatable bonds is 11. The molecule has 0 aliphatic rings. The molecule has 5 heteroatoms. The van der Waals surface area contributed by atoms with Gasteiger partial charge in [-0.1, -0.05) is 56.7 Å². The summed E-state index contributed by atoms with van der Waals surface area (Å²) >= 11 is 0. The van der Waals surface area contributed by atoms with E-state index in [1.807, 2.05) is 30.3 Å². The molecule has 1 atom stereocenters. The predicted molar refractivity (Wildman–Crippen MR) is 102 cm³/mol. The van der Waals surface area contributed by atoms with Gasteiger partial charge in [0.25, 0.3) is 0 Å².